The number of nitrogens with one attached hydrogen (secondary N) is 1. The minimum absolute atomic E-state index is 0.319. The maximum absolute atomic E-state index is 5.55. The summed E-state index contributed by atoms with van der Waals surface area (Å²) < 4.78 is 10.5. The molecule has 1 atom stereocenters. The van der Waals surface area contributed by atoms with Crippen LogP contribution >= 0.6 is 0 Å². The van der Waals surface area contributed by atoms with Crippen molar-refractivity contribution in [3.63, 3.8) is 0 Å². The van der Waals surface area contributed by atoms with E-state index < -0.39 is 0 Å². The molecule has 0 amide bonds. The molecule has 108 valence electrons. The topological polar surface area (TPSA) is 33.7 Å². The van der Waals surface area contributed by atoms with Crippen LogP contribution in [0.2, 0.25) is 0 Å². The molecule has 0 aromatic rings. The predicted molar refractivity (Wildman–Crippen MR) is 75.0 cm³/mol. The van der Waals surface area contributed by atoms with Gasteiger partial charge in [0.05, 0.1) is 19.8 Å². The molecule has 0 bridgehead atoms. The molecule has 1 heterocycles. The molecule has 4 heteroatoms. The zero-order chi connectivity index (χ0) is 13.4. The molecule has 1 fully saturated rings. The van der Waals surface area contributed by atoms with E-state index >= 15 is 0 Å². The third-order valence-electron chi connectivity index (χ3n) is 3.51. The van der Waals surface area contributed by atoms with Gasteiger partial charge in [0.15, 0.2) is 0 Å². The molecule has 1 rings (SSSR count). The van der Waals surface area contributed by atoms with Crippen LogP contribution in [0, 0.1) is 5.41 Å². The smallest absolute Gasteiger partial charge is 0.0700 e. The Morgan fingerprint density at radius 1 is 1.22 bits per heavy atom. The summed E-state index contributed by atoms with van der Waals surface area (Å²) in [5, 5.41) is 3.66. The second-order valence-electron chi connectivity index (χ2n) is 6.13. The molecule has 0 aliphatic carbocycles. The van der Waals surface area contributed by atoms with E-state index in [0.717, 1.165) is 26.2 Å². The molecular weight excluding hydrogens is 228 g/mol. The van der Waals surface area contributed by atoms with E-state index in [2.05, 4.69) is 31.0 Å². The maximum atomic E-state index is 5.55. The molecule has 18 heavy (non-hydrogen) atoms. The summed E-state index contributed by atoms with van der Waals surface area (Å²) in [7, 11) is 1.71. The number of hydrogen-bond donors (Lipinski definition) is 1. The average Bonchev–Trinajstić information content (AvgIpc) is 2.54. The summed E-state index contributed by atoms with van der Waals surface area (Å²) in [6, 6.07) is 0.568. The maximum Gasteiger partial charge on any atom is 0.0700 e. The lowest BCUT2D eigenvalue weighted by Gasteiger charge is -2.33. The van der Waals surface area contributed by atoms with Crippen LogP contribution in [-0.2, 0) is 9.47 Å². The Morgan fingerprint density at radius 2 is 2.00 bits per heavy atom. The Morgan fingerprint density at radius 3 is 2.67 bits per heavy atom. The Labute approximate surface area is 112 Å². The number of ether oxygens (including phenoxy) is 2. The van der Waals surface area contributed by atoms with Crippen molar-refractivity contribution >= 4 is 0 Å². The molecule has 1 aliphatic rings. The highest BCUT2D eigenvalue weighted by molar-refractivity contribution is 4.85. The van der Waals surface area contributed by atoms with Gasteiger partial charge in [0.25, 0.3) is 0 Å². The fraction of sp³-hybridized carbons (Fsp3) is 1.00. The second kappa shape index (κ2) is 8.10. The summed E-state index contributed by atoms with van der Waals surface area (Å²) in [5.41, 5.74) is 0.319. The Hall–Kier alpha value is -0.160. The van der Waals surface area contributed by atoms with Crippen molar-refractivity contribution in [1.82, 2.24) is 10.2 Å². The number of methoxy groups -OCH3 is 1. The Kier molecular flexibility index (Phi) is 7.15. The van der Waals surface area contributed by atoms with Crippen LogP contribution in [0.1, 0.15) is 27.2 Å². The van der Waals surface area contributed by atoms with Crippen LogP contribution in [-0.4, -0.2) is 64.1 Å². The molecule has 0 aromatic heterocycles. The van der Waals surface area contributed by atoms with Gasteiger partial charge in [-0.1, -0.05) is 20.8 Å². The standard InChI is InChI=1S/C14H30N2O2/c1-14(2,3)13-12-16(7-5-6-15-13)8-9-18-11-10-17-4/h13,15H,5-12H2,1-4H3. The monoisotopic (exact) mass is 258 g/mol. The highest BCUT2D eigenvalue weighted by atomic mass is 16.5. The SMILES string of the molecule is COCCOCCN1CCCNC(C(C)(C)C)C1. The number of nitrogens with zero attached hydrogens (tertiary/aromatic N) is 1. The molecule has 0 spiro atoms. The van der Waals surface area contributed by atoms with Crippen LogP contribution in [0.15, 0.2) is 0 Å². The van der Waals surface area contributed by atoms with Crippen molar-refractivity contribution < 1.29 is 9.47 Å². The van der Waals surface area contributed by atoms with Crippen molar-refractivity contribution in [2.45, 2.75) is 33.2 Å². The molecule has 1 saturated heterocycles. The molecule has 0 aromatic carbocycles. The van der Waals surface area contributed by atoms with E-state index in [1.54, 1.807) is 7.11 Å². The highest BCUT2D eigenvalue weighted by Gasteiger charge is 2.27. The van der Waals surface area contributed by atoms with Crippen LogP contribution in [0.3, 0.4) is 0 Å². The van der Waals surface area contributed by atoms with Crippen LogP contribution in [0.25, 0.3) is 0 Å². The molecule has 1 N–H and O–H groups in total. The Bertz CT molecular complexity index is 216. The van der Waals surface area contributed by atoms with Crippen LogP contribution in [0.5, 0.6) is 0 Å². The van der Waals surface area contributed by atoms with Gasteiger partial charge in [-0.3, -0.25) is 4.90 Å². The van der Waals surface area contributed by atoms with E-state index in [9.17, 15) is 0 Å². The minimum atomic E-state index is 0.319. The van der Waals surface area contributed by atoms with E-state index in [4.69, 9.17) is 9.47 Å². The summed E-state index contributed by atoms with van der Waals surface area (Å²) in [5.74, 6) is 0. The predicted octanol–water partition coefficient (Wildman–Crippen LogP) is 1.36. The molecule has 1 aliphatic heterocycles. The fourth-order valence-electron chi connectivity index (χ4n) is 2.21. The first-order chi connectivity index (χ1) is 8.54. The summed E-state index contributed by atoms with van der Waals surface area (Å²) in [6.07, 6.45) is 1.23. The van der Waals surface area contributed by atoms with Crippen LogP contribution < -0.4 is 5.32 Å². The fourth-order valence-corrected chi connectivity index (χ4v) is 2.21. The van der Waals surface area contributed by atoms with Gasteiger partial charge in [0.2, 0.25) is 0 Å². The zero-order valence-electron chi connectivity index (χ0n) is 12.5. The third-order valence-corrected chi connectivity index (χ3v) is 3.51. The first-order valence-electron chi connectivity index (χ1n) is 7.06. The van der Waals surface area contributed by atoms with Gasteiger partial charge < -0.3 is 14.8 Å². The molecule has 4 nitrogen and oxygen atoms in total. The zero-order valence-corrected chi connectivity index (χ0v) is 12.5. The molecule has 0 radical (unpaired) electrons. The first-order valence-corrected chi connectivity index (χ1v) is 7.06. The lowest BCUT2D eigenvalue weighted by Crippen LogP contribution is -2.46. The van der Waals surface area contributed by atoms with Gasteiger partial charge in [-0.25, -0.2) is 0 Å². The van der Waals surface area contributed by atoms with E-state index in [-0.39, 0.29) is 0 Å². The van der Waals surface area contributed by atoms with Crippen molar-refractivity contribution in [2.24, 2.45) is 5.41 Å². The molecular formula is C14H30N2O2. The molecule has 1 unspecified atom stereocenters. The van der Waals surface area contributed by atoms with Gasteiger partial charge in [-0.2, -0.15) is 0 Å². The third kappa shape index (κ3) is 6.14. The normalized spacial score (nSPS) is 23.0. The number of hydrogen-bond acceptors (Lipinski definition) is 4. The van der Waals surface area contributed by atoms with Crippen molar-refractivity contribution in [3.8, 4) is 0 Å². The van der Waals surface area contributed by atoms with Crippen LogP contribution in [0.4, 0.5) is 0 Å². The average molecular weight is 258 g/mol. The number of rotatable bonds is 6. The van der Waals surface area contributed by atoms with Gasteiger partial charge in [-0.15, -0.1) is 0 Å². The van der Waals surface area contributed by atoms with E-state index in [1.165, 1.54) is 13.0 Å². The van der Waals surface area contributed by atoms with Gasteiger partial charge >= 0.3 is 0 Å². The van der Waals surface area contributed by atoms with Crippen molar-refractivity contribution in [1.29, 1.82) is 0 Å². The van der Waals surface area contributed by atoms with E-state index in [1.807, 2.05) is 0 Å². The summed E-state index contributed by atoms with van der Waals surface area (Å²) >= 11 is 0. The van der Waals surface area contributed by atoms with Crippen molar-refractivity contribution in [3.05, 3.63) is 0 Å². The van der Waals surface area contributed by atoms with Gasteiger partial charge in [0.1, 0.15) is 0 Å². The Balaban J connectivity index is 2.26. The second-order valence-corrected chi connectivity index (χ2v) is 6.13. The minimum Gasteiger partial charge on any atom is -0.382 e. The lowest BCUT2D eigenvalue weighted by atomic mass is 9.86. The summed E-state index contributed by atoms with van der Waals surface area (Å²) in [4.78, 5) is 2.52. The molecule has 0 saturated carbocycles. The van der Waals surface area contributed by atoms with Crippen molar-refractivity contribution in [2.75, 3.05) is 53.1 Å². The highest BCUT2D eigenvalue weighted by Crippen LogP contribution is 2.21. The lowest BCUT2D eigenvalue weighted by molar-refractivity contribution is 0.0548. The summed E-state index contributed by atoms with van der Waals surface area (Å²) in [6.45, 7) is 13.6. The quantitative estimate of drug-likeness (QED) is 0.729. The largest absolute Gasteiger partial charge is 0.382 e. The van der Waals surface area contributed by atoms with Gasteiger partial charge in [-0.05, 0) is 24.9 Å². The van der Waals surface area contributed by atoms with E-state index in [0.29, 0.717) is 24.7 Å². The first kappa shape index (κ1) is 15.9. The van der Waals surface area contributed by atoms with Gasteiger partial charge in [0, 0.05) is 26.2 Å².